The van der Waals surface area contributed by atoms with Crippen LogP contribution in [0.1, 0.15) is 32.3 Å². The van der Waals surface area contributed by atoms with Gasteiger partial charge in [-0.3, -0.25) is 9.36 Å². The van der Waals surface area contributed by atoms with Gasteiger partial charge in [0.05, 0.1) is 24.3 Å². The average Bonchev–Trinajstić information content (AvgIpc) is 2.90. The van der Waals surface area contributed by atoms with E-state index in [0.717, 1.165) is 23.0 Å². The molecule has 0 amide bonds. The highest BCUT2D eigenvalue weighted by atomic mass is 35.5. The van der Waals surface area contributed by atoms with Gasteiger partial charge in [0.25, 0.3) is 0 Å². The van der Waals surface area contributed by atoms with E-state index in [1.165, 1.54) is 4.57 Å². The van der Waals surface area contributed by atoms with Crippen LogP contribution in [-0.4, -0.2) is 46.0 Å². The van der Waals surface area contributed by atoms with Crippen molar-refractivity contribution in [1.29, 1.82) is 0 Å². The van der Waals surface area contributed by atoms with Gasteiger partial charge in [0, 0.05) is 23.9 Å². The third-order valence-corrected chi connectivity index (χ3v) is 6.61. The van der Waals surface area contributed by atoms with Crippen LogP contribution in [0.3, 0.4) is 0 Å². The van der Waals surface area contributed by atoms with Crippen molar-refractivity contribution in [3.05, 3.63) is 79.0 Å². The van der Waals surface area contributed by atoms with Crippen LogP contribution < -0.4 is 21.4 Å². The van der Waals surface area contributed by atoms with Gasteiger partial charge in [-0.05, 0) is 68.5 Å². The minimum atomic E-state index is -0.885. The van der Waals surface area contributed by atoms with Crippen molar-refractivity contribution < 1.29 is 19.0 Å². The van der Waals surface area contributed by atoms with Gasteiger partial charge in [-0.1, -0.05) is 35.3 Å². The molecular weight excluding hydrogens is 547 g/mol. The van der Waals surface area contributed by atoms with Gasteiger partial charge in [-0.15, -0.1) is 0 Å². The first-order chi connectivity index (χ1) is 18.7. The maximum Gasteiger partial charge on any atom is 0.355 e. The monoisotopic (exact) mass is 576 g/mol. The number of halogens is 2. The second-order valence-electron chi connectivity index (χ2n) is 9.47. The Morgan fingerprint density at radius 3 is 2.49 bits per heavy atom. The zero-order valence-corrected chi connectivity index (χ0v) is 23.2. The zero-order chi connectivity index (χ0) is 27.9. The van der Waals surface area contributed by atoms with Gasteiger partial charge in [-0.25, -0.2) is 14.2 Å². The van der Waals surface area contributed by atoms with Crippen LogP contribution in [0.5, 0.6) is 5.75 Å². The van der Waals surface area contributed by atoms with Crippen molar-refractivity contribution in [2.75, 3.05) is 25.1 Å². The number of esters is 1. The predicted molar refractivity (Wildman–Crippen MR) is 148 cm³/mol. The molecule has 2 aromatic carbocycles. The van der Waals surface area contributed by atoms with Gasteiger partial charge in [0.2, 0.25) is 5.95 Å². The van der Waals surface area contributed by atoms with Crippen LogP contribution in [0, 0.1) is 5.92 Å². The van der Waals surface area contributed by atoms with E-state index in [9.17, 15) is 14.4 Å². The van der Waals surface area contributed by atoms with Gasteiger partial charge in [-0.2, -0.15) is 4.98 Å². The molecule has 4 rings (SSSR count). The summed E-state index contributed by atoms with van der Waals surface area (Å²) in [6.45, 7) is 4.73. The number of hydrogen-bond acceptors (Lipinski definition) is 8. The van der Waals surface area contributed by atoms with Gasteiger partial charge >= 0.3 is 17.3 Å². The normalized spacial score (nSPS) is 13.9. The second-order valence-corrected chi connectivity index (χ2v) is 10.3. The molecule has 1 aromatic heterocycles. The number of carbonyl (C=O) groups is 1. The fraction of sp³-hybridized carbons (Fsp3) is 0.407. The third-order valence-electron chi connectivity index (χ3n) is 6.06. The largest absolute Gasteiger partial charge is 0.489 e. The lowest BCUT2D eigenvalue weighted by Crippen LogP contribution is -2.44. The maximum absolute atomic E-state index is 13.5. The summed E-state index contributed by atoms with van der Waals surface area (Å²) < 4.78 is 18.4. The quantitative estimate of drug-likeness (QED) is 0.356. The number of nitrogens with one attached hydrogen (secondary N) is 1. The smallest absolute Gasteiger partial charge is 0.355 e. The fourth-order valence-corrected chi connectivity index (χ4v) is 4.38. The molecule has 0 aliphatic carbocycles. The molecule has 39 heavy (non-hydrogen) atoms. The molecule has 2 heterocycles. The van der Waals surface area contributed by atoms with Crippen LogP contribution in [0.4, 0.5) is 11.6 Å². The van der Waals surface area contributed by atoms with E-state index in [2.05, 4.69) is 10.3 Å². The minimum absolute atomic E-state index is 0.0135. The molecule has 0 atom stereocenters. The van der Waals surface area contributed by atoms with Crippen molar-refractivity contribution in [2.24, 2.45) is 5.92 Å². The summed E-state index contributed by atoms with van der Waals surface area (Å²) in [4.78, 5) is 43.0. The lowest BCUT2D eigenvalue weighted by Gasteiger charge is -2.21. The maximum atomic E-state index is 13.5. The van der Waals surface area contributed by atoms with E-state index < -0.39 is 23.9 Å². The number of benzene rings is 2. The molecule has 1 fully saturated rings. The van der Waals surface area contributed by atoms with Crippen molar-refractivity contribution in [2.45, 2.75) is 45.9 Å². The molecule has 1 aliphatic rings. The van der Waals surface area contributed by atoms with Crippen molar-refractivity contribution >= 4 is 40.8 Å². The molecule has 12 heteroatoms. The summed E-state index contributed by atoms with van der Waals surface area (Å²) >= 11 is 12.4. The molecule has 10 nitrogen and oxygen atoms in total. The Morgan fingerprint density at radius 2 is 1.82 bits per heavy atom. The molecular formula is C27H30Cl2N4O6. The number of anilines is 2. The topological polar surface area (TPSA) is 114 Å². The van der Waals surface area contributed by atoms with E-state index >= 15 is 0 Å². The molecule has 208 valence electrons. The van der Waals surface area contributed by atoms with E-state index in [4.69, 9.17) is 37.4 Å². The zero-order valence-electron chi connectivity index (χ0n) is 21.7. The number of aromatic nitrogens is 3. The molecule has 0 saturated carbocycles. The highest BCUT2D eigenvalue weighted by molar-refractivity contribution is 6.32. The van der Waals surface area contributed by atoms with E-state index in [0.29, 0.717) is 34.7 Å². The number of carbonyl (C=O) groups excluding carboxylic acids is 1. The van der Waals surface area contributed by atoms with Crippen molar-refractivity contribution in [3.8, 4) is 5.75 Å². The van der Waals surface area contributed by atoms with Crippen LogP contribution >= 0.6 is 23.2 Å². The molecule has 0 spiro atoms. The first kappa shape index (κ1) is 28.7. The number of ether oxygens (including phenoxy) is 3. The Balaban J connectivity index is 1.61. The summed E-state index contributed by atoms with van der Waals surface area (Å²) in [6, 6.07) is 11.9. The van der Waals surface area contributed by atoms with Crippen LogP contribution in [0.15, 0.2) is 52.1 Å². The average molecular weight is 577 g/mol. The number of rotatable bonds is 10. The van der Waals surface area contributed by atoms with Crippen molar-refractivity contribution in [3.63, 3.8) is 0 Å². The van der Waals surface area contributed by atoms with E-state index in [-0.39, 0.29) is 31.1 Å². The minimum Gasteiger partial charge on any atom is -0.489 e. The van der Waals surface area contributed by atoms with Gasteiger partial charge in [0.1, 0.15) is 12.3 Å². The second kappa shape index (κ2) is 13.1. The molecule has 1 saturated heterocycles. The summed E-state index contributed by atoms with van der Waals surface area (Å²) in [5.74, 6) is -0.0117. The Kier molecular flexibility index (Phi) is 9.66. The summed E-state index contributed by atoms with van der Waals surface area (Å²) in [6.07, 6.45) is 1.51. The predicted octanol–water partition coefficient (Wildman–Crippen LogP) is 4.26. The first-order valence-corrected chi connectivity index (χ1v) is 13.4. The lowest BCUT2D eigenvalue weighted by molar-refractivity contribution is -0.146. The fourth-order valence-electron chi connectivity index (χ4n) is 4.03. The van der Waals surface area contributed by atoms with Crippen LogP contribution in [0.25, 0.3) is 0 Å². The Morgan fingerprint density at radius 1 is 1.10 bits per heavy atom. The Hall–Kier alpha value is -3.34. The third kappa shape index (κ3) is 7.84. The van der Waals surface area contributed by atoms with Gasteiger partial charge < -0.3 is 19.5 Å². The lowest BCUT2D eigenvalue weighted by atomic mass is 10.0. The first-order valence-electron chi connectivity index (χ1n) is 12.6. The Labute approximate surface area is 235 Å². The highest BCUT2D eigenvalue weighted by Crippen LogP contribution is 2.29. The molecule has 0 unspecified atom stereocenters. The van der Waals surface area contributed by atoms with E-state index in [1.54, 1.807) is 42.5 Å². The van der Waals surface area contributed by atoms with Crippen LogP contribution in [0.2, 0.25) is 10.0 Å². The van der Waals surface area contributed by atoms with Crippen LogP contribution in [-0.2, 0) is 27.4 Å². The standard InChI is InChI=1S/C27H30Cl2N4O6/c1-17(2)39-23-8-7-21(13-22(23)29)30-25-31-26(35)33(15-24(34)38-16-19-9-11-37-12-10-19)27(36)32(25)14-18-3-5-20(28)6-4-18/h3-8,13,17,19H,9-12,14-16H2,1-2H3,(H,30,31,35). The Bertz CT molecular complexity index is 1420. The number of hydrogen-bond donors (Lipinski definition) is 1. The molecule has 0 radical (unpaired) electrons. The molecule has 1 aliphatic heterocycles. The summed E-state index contributed by atoms with van der Waals surface area (Å²) in [5, 5.41) is 3.89. The SMILES string of the molecule is CC(C)Oc1ccc(Nc2nc(=O)n(CC(=O)OCC3CCOCC3)c(=O)n2Cc2ccc(Cl)cc2)cc1Cl. The molecule has 1 N–H and O–H groups in total. The summed E-state index contributed by atoms with van der Waals surface area (Å²) in [7, 11) is 0. The van der Waals surface area contributed by atoms with E-state index in [1.807, 2.05) is 13.8 Å². The molecule has 0 bridgehead atoms. The highest BCUT2D eigenvalue weighted by Gasteiger charge is 2.20. The number of nitrogens with zero attached hydrogens (tertiary/aromatic N) is 3. The molecule has 3 aromatic rings. The van der Waals surface area contributed by atoms with Crippen molar-refractivity contribution in [1.82, 2.24) is 14.1 Å². The summed E-state index contributed by atoms with van der Waals surface area (Å²) in [5.41, 5.74) is -0.386. The van der Waals surface area contributed by atoms with Gasteiger partial charge in [0.15, 0.2) is 0 Å².